The van der Waals surface area contributed by atoms with Crippen molar-refractivity contribution in [3.8, 4) is 17.2 Å². The number of aromatic amines is 1. The molecular formula is C23H30N4O3. The minimum atomic E-state index is -0.495. The Morgan fingerprint density at radius 3 is 2.40 bits per heavy atom. The molecule has 1 atom stereocenters. The van der Waals surface area contributed by atoms with Gasteiger partial charge < -0.3 is 19.9 Å². The van der Waals surface area contributed by atoms with E-state index in [1.807, 2.05) is 37.3 Å². The molecule has 0 amide bonds. The summed E-state index contributed by atoms with van der Waals surface area (Å²) >= 11 is 0. The van der Waals surface area contributed by atoms with Gasteiger partial charge in [-0.1, -0.05) is 39.0 Å². The van der Waals surface area contributed by atoms with Crippen LogP contribution in [0.3, 0.4) is 0 Å². The van der Waals surface area contributed by atoms with Crippen LogP contribution in [0.1, 0.15) is 56.5 Å². The van der Waals surface area contributed by atoms with Crippen molar-refractivity contribution in [1.82, 2.24) is 15.2 Å². The van der Waals surface area contributed by atoms with Crippen LogP contribution in [0.25, 0.3) is 0 Å². The predicted molar refractivity (Wildman–Crippen MR) is 116 cm³/mol. The van der Waals surface area contributed by atoms with Gasteiger partial charge in [-0.3, -0.25) is 5.10 Å². The van der Waals surface area contributed by atoms with E-state index >= 15 is 0 Å². The van der Waals surface area contributed by atoms with E-state index in [0.29, 0.717) is 29.8 Å². The molecule has 3 aromatic rings. The SMILES string of the molecule is CCOc1ccc([C@H](N)c2n[nH]c(COc3ccc(C(C)(C)C)cc3)n2)cc1OC. The average molecular weight is 411 g/mol. The van der Waals surface area contributed by atoms with Crippen LogP contribution < -0.4 is 19.9 Å². The van der Waals surface area contributed by atoms with Gasteiger partial charge in [0.25, 0.3) is 0 Å². The molecular weight excluding hydrogens is 380 g/mol. The van der Waals surface area contributed by atoms with Gasteiger partial charge in [0, 0.05) is 0 Å². The number of nitrogens with zero attached hydrogens (tertiary/aromatic N) is 2. The summed E-state index contributed by atoms with van der Waals surface area (Å²) in [6.45, 7) is 9.31. The fraction of sp³-hybridized carbons (Fsp3) is 0.391. The minimum absolute atomic E-state index is 0.109. The van der Waals surface area contributed by atoms with Crippen molar-refractivity contribution in [3.05, 3.63) is 65.2 Å². The van der Waals surface area contributed by atoms with Crippen LogP contribution in [-0.4, -0.2) is 28.9 Å². The molecule has 0 aliphatic rings. The summed E-state index contributed by atoms with van der Waals surface area (Å²) in [6.07, 6.45) is 0. The molecule has 0 fully saturated rings. The fourth-order valence-electron chi connectivity index (χ4n) is 3.02. The number of hydrogen-bond acceptors (Lipinski definition) is 6. The highest BCUT2D eigenvalue weighted by molar-refractivity contribution is 5.44. The molecule has 30 heavy (non-hydrogen) atoms. The maximum atomic E-state index is 6.36. The number of nitrogens with two attached hydrogens (primary N) is 1. The van der Waals surface area contributed by atoms with Crippen LogP contribution in [0.4, 0.5) is 0 Å². The number of H-pyrrole nitrogens is 1. The molecule has 1 heterocycles. The molecule has 0 saturated heterocycles. The quantitative estimate of drug-likeness (QED) is 0.580. The Morgan fingerprint density at radius 2 is 1.77 bits per heavy atom. The number of nitrogens with one attached hydrogen (secondary N) is 1. The molecule has 0 bridgehead atoms. The fourth-order valence-corrected chi connectivity index (χ4v) is 3.02. The maximum Gasteiger partial charge on any atom is 0.172 e. The van der Waals surface area contributed by atoms with Gasteiger partial charge in [-0.15, -0.1) is 0 Å². The number of ether oxygens (including phenoxy) is 3. The number of rotatable bonds is 8. The van der Waals surface area contributed by atoms with Gasteiger partial charge in [-0.05, 0) is 47.7 Å². The molecule has 7 heteroatoms. The molecule has 0 saturated carbocycles. The van der Waals surface area contributed by atoms with Crippen molar-refractivity contribution in [2.24, 2.45) is 5.73 Å². The molecule has 0 unspecified atom stereocenters. The van der Waals surface area contributed by atoms with Gasteiger partial charge >= 0.3 is 0 Å². The Kier molecular flexibility index (Phi) is 6.62. The summed E-state index contributed by atoms with van der Waals surface area (Å²) in [6, 6.07) is 13.2. The molecule has 0 aliphatic carbocycles. The summed E-state index contributed by atoms with van der Waals surface area (Å²) < 4.78 is 16.8. The van der Waals surface area contributed by atoms with Crippen LogP contribution in [0.15, 0.2) is 42.5 Å². The number of benzene rings is 2. The van der Waals surface area contributed by atoms with Crippen LogP contribution >= 0.6 is 0 Å². The first-order valence-electron chi connectivity index (χ1n) is 10.0. The second-order valence-corrected chi connectivity index (χ2v) is 8.02. The van der Waals surface area contributed by atoms with Crippen molar-refractivity contribution < 1.29 is 14.2 Å². The lowest BCUT2D eigenvalue weighted by Gasteiger charge is -2.19. The second-order valence-electron chi connectivity index (χ2n) is 8.02. The second kappa shape index (κ2) is 9.17. The molecule has 160 valence electrons. The molecule has 7 nitrogen and oxygen atoms in total. The largest absolute Gasteiger partial charge is 0.493 e. The molecule has 0 spiro atoms. The number of hydrogen-bond donors (Lipinski definition) is 2. The third kappa shape index (κ3) is 5.10. The smallest absolute Gasteiger partial charge is 0.172 e. The lowest BCUT2D eigenvalue weighted by atomic mass is 9.87. The summed E-state index contributed by atoms with van der Waals surface area (Å²) in [4.78, 5) is 4.48. The maximum absolute atomic E-state index is 6.36. The Morgan fingerprint density at radius 1 is 1.03 bits per heavy atom. The van der Waals surface area contributed by atoms with E-state index in [4.69, 9.17) is 19.9 Å². The molecule has 0 aliphatic heterocycles. The van der Waals surface area contributed by atoms with Gasteiger partial charge in [0.2, 0.25) is 0 Å². The van der Waals surface area contributed by atoms with Gasteiger partial charge in [0.1, 0.15) is 12.4 Å². The van der Waals surface area contributed by atoms with Gasteiger partial charge in [-0.2, -0.15) is 5.10 Å². The zero-order valence-electron chi connectivity index (χ0n) is 18.2. The lowest BCUT2D eigenvalue weighted by Crippen LogP contribution is -2.14. The molecule has 0 radical (unpaired) electrons. The van der Waals surface area contributed by atoms with Crippen molar-refractivity contribution in [2.75, 3.05) is 13.7 Å². The van der Waals surface area contributed by atoms with E-state index in [1.165, 1.54) is 5.56 Å². The Bertz CT molecular complexity index is 961. The van der Waals surface area contributed by atoms with Gasteiger partial charge in [-0.25, -0.2) is 4.98 Å². The monoisotopic (exact) mass is 410 g/mol. The van der Waals surface area contributed by atoms with Crippen molar-refractivity contribution in [3.63, 3.8) is 0 Å². The first-order chi connectivity index (χ1) is 14.3. The van der Waals surface area contributed by atoms with Crippen molar-refractivity contribution in [2.45, 2.75) is 45.8 Å². The van der Waals surface area contributed by atoms with Gasteiger partial charge in [0.15, 0.2) is 23.1 Å². The predicted octanol–water partition coefficient (Wildman–Crippen LogP) is 4.14. The normalized spacial score (nSPS) is 12.5. The summed E-state index contributed by atoms with van der Waals surface area (Å²) in [5, 5.41) is 7.15. The van der Waals surface area contributed by atoms with Crippen molar-refractivity contribution >= 4 is 0 Å². The minimum Gasteiger partial charge on any atom is -0.493 e. The average Bonchev–Trinajstić information content (AvgIpc) is 3.21. The summed E-state index contributed by atoms with van der Waals surface area (Å²) in [5.74, 6) is 3.18. The van der Waals surface area contributed by atoms with E-state index in [-0.39, 0.29) is 12.0 Å². The number of methoxy groups -OCH3 is 1. The zero-order chi connectivity index (χ0) is 21.7. The van der Waals surface area contributed by atoms with Crippen molar-refractivity contribution in [1.29, 1.82) is 0 Å². The Balaban J connectivity index is 1.65. The molecule has 3 rings (SSSR count). The highest BCUT2D eigenvalue weighted by Crippen LogP contribution is 2.31. The number of aromatic nitrogens is 3. The van der Waals surface area contributed by atoms with Crippen LogP contribution in [0.2, 0.25) is 0 Å². The van der Waals surface area contributed by atoms with E-state index in [0.717, 1.165) is 11.3 Å². The Labute approximate surface area is 177 Å². The van der Waals surface area contributed by atoms with E-state index < -0.39 is 6.04 Å². The topological polar surface area (TPSA) is 95.3 Å². The standard InChI is InChI=1S/C23H30N4O3/c1-6-29-18-12-7-15(13-19(18)28-5)21(24)22-25-20(26-27-22)14-30-17-10-8-16(9-11-17)23(2,3)4/h7-13,21H,6,14,24H2,1-5H3,(H,25,26,27)/t21-/m0/s1. The molecule has 3 N–H and O–H groups in total. The van der Waals surface area contributed by atoms with Crippen LogP contribution in [-0.2, 0) is 12.0 Å². The van der Waals surface area contributed by atoms with Crippen LogP contribution in [0.5, 0.6) is 17.2 Å². The summed E-state index contributed by atoms with van der Waals surface area (Å²) in [7, 11) is 1.60. The first kappa shape index (κ1) is 21.6. The third-order valence-electron chi connectivity index (χ3n) is 4.77. The Hall–Kier alpha value is -3.06. The third-order valence-corrected chi connectivity index (χ3v) is 4.77. The van der Waals surface area contributed by atoms with Gasteiger partial charge in [0.05, 0.1) is 19.8 Å². The van der Waals surface area contributed by atoms with Crippen LogP contribution in [0, 0.1) is 0 Å². The van der Waals surface area contributed by atoms with E-state index in [9.17, 15) is 0 Å². The molecule has 1 aromatic heterocycles. The first-order valence-corrected chi connectivity index (χ1v) is 10.0. The summed E-state index contributed by atoms with van der Waals surface area (Å²) in [5.41, 5.74) is 8.56. The zero-order valence-corrected chi connectivity index (χ0v) is 18.2. The highest BCUT2D eigenvalue weighted by atomic mass is 16.5. The van der Waals surface area contributed by atoms with E-state index in [1.54, 1.807) is 7.11 Å². The molecule has 2 aromatic carbocycles. The van der Waals surface area contributed by atoms with E-state index in [2.05, 4.69) is 48.1 Å². The lowest BCUT2D eigenvalue weighted by molar-refractivity contribution is 0.296. The highest BCUT2D eigenvalue weighted by Gasteiger charge is 2.17.